The summed E-state index contributed by atoms with van der Waals surface area (Å²) in [6.07, 6.45) is 6.00. The molecule has 0 saturated carbocycles. The van der Waals surface area contributed by atoms with Crippen molar-refractivity contribution in [1.82, 2.24) is 0 Å². The molecule has 68 valence electrons. The van der Waals surface area contributed by atoms with Crippen molar-refractivity contribution in [2.24, 2.45) is 0 Å². The normalized spacial score (nSPS) is 14.1. The molecule has 0 atom stereocenters. The summed E-state index contributed by atoms with van der Waals surface area (Å²) in [4.78, 5) is 0. The second-order valence-electron chi connectivity index (χ2n) is 3.47. The Balaban J connectivity index is 2.08. The summed E-state index contributed by atoms with van der Waals surface area (Å²) >= 11 is 3.46. The highest BCUT2D eigenvalue weighted by atomic mass is 79.9. The summed E-state index contributed by atoms with van der Waals surface area (Å²) in [5.74, 6) is 0. The second-order valence-corrected chi connectivity index (χ2v) is 4.26. The van der Waals surface area contributed by atoms with Crippen LogP contribution < -0.4 is 0 Å². The van der Waals surface area contributed by atoms with Gasteiger partial charge in [0.1, 0.15) is 0 Å². The molecular formula is C12H13Br. The summed E-state index contributed by atoms with van der Waals surface area (Å²) in [7, 11) is 0. The minimum atomic E-state index is 1.11. The summed E-state index contributed by atoms with van der Waals surface area (Å²) < 4.78 is 0. The highest BCUT2D eigenvalue weighted by Gasteiger charge is 2.10. The Morgan fingerprint density at radius 2 is 2.08 bits per heavy atom. The zero-order valence-corrected chi connectivity index (χ0v) is 9.18. The molecule has 1 aliphatic carbocycles. The fraction of sp³-hybridized carbons (Fsp3) is 0.333. The molecule has 0 unspecified atom stereocenters. The van der Waals surface area contributed by atoms with Gasteiger partial charge in [-0.1, -0.05) is 51.8 Å². The lowest BCUT2D eigenvalue weighted by molar-refractivity contribution is 0.900. The van der Waals surface area contributed by atoms with Gasteiger partial charge in [-0.3, -0.25) is 0 Å². The Morgan fingerprint density at radius 3 is 2.85 bits per heavy atom. The number of hydrogen-bond donors (Lipinski definition) is 0. The van der Waals surface area contributed by atoms with E-state index in [0.29, 0.717) is 0 Å². The number of allylic oxidation sites excluding steroid dienone is 1. The maximum Gasteiger partial charge on any atom is 0.00343 e. The van der Waals surface area contributed by atoms with Crippen LogP contribution in [0.2, 0.25) is 0 Å². The van der Waals surface area contributed by atoms with Gasteiger partial charge in [0.05, 0.1) is 0 Å². The number of rotatable bonds is 3. The predicted octanol–water partition coefficient (Wildman–Crippen LogP) is 3.80. The van der Waals surface area contributed by atoms with E-state index in [2.05, 4.69) is 46.3 Å². The van der Waals surface area contributed by atoms with E-state index in [0.717, 1.165) is 5.33 Å². The Kier molecular flexibility index (Phi) is 2.84. The van der Waals surface area contributed by atoms with Crippen molar-refractivity contribution in [2.45, 2.75) is 19.3 Å². The highest BCUT2D eigenvalue weighted by Crippen LogP contribution is 2.27. The standard InChI is InChI=1S/C12H13Br/c13-7-3-4-10-8-11-5-1-2-6-12(11)9-10/h1-2,5-6,8H,3-4,7,9H2. The van der Waals surface area contributed by atoms with E-state index in [1.54, 1.807) is 5.57 Å². The quantitative estimate of drug-likeness (QED) is 0.701. The van der Waals surface area contributed by atoms with E-state index in [9.17, 15) is 0 Å². The van der Waals surface area contributed by atoms with Crippen molar-refractivity contribution < 1.29 is 0 Å². The lowest BCUT2D eigenvalue weighted by Crippen LogP contribution is -1.85. The van der Waals surface area contributed by atoms with Crippen LogP contribution in [0.15, 0.2) is 29.8 Å². The summed E-state index contributed by atoms with van der Waals surface area (Å²) in [5.41, 5.74) is 4.50. The molecule has 1 aliphatic rings. The van der Waals surface area contributed by atoms with E-state index in [1.165, 1.54) is 30.4 Å². The zero-order valence-electron chi connectivity index (χ0n) is 7.59. The van der Waals surface area contributed by atoms with E-state index in [-0.39, 0.29) is 0 Å². The molecule has 0 amide bonds. The van der Waals surface area contributed by atoms with Gasteiger partial charge in [0, 0.05) is 5.33 Å². The van der Waals surface area contributed by atoms with Gasteiger partial charge in [-0.05, 0) is 30.4 Å². The molecule has 0 bridgehead atoms. The second kappa shape index (κ2) is 4.10. The smallest absolute Gasteiger partial charge is 0.00343 e. The molecule has 0 spiro atoms. The maximum atomic E-state index is 3.46. The van der Waals surface area contributed by atoms with E-state index >= 15 is 0 Å². The van der Waals surface area contributed by atoms with Crippen molar-refractivity contribution in [3.63, 3.8) is 0 Å². The van der Waals surface area contributed by atoms with Crippen LogP contribution in [-0.2, 0) is 6.42 Å². The molecule has 0 aliphatic heterocycles. The maximum absolute atomic E-state index is 3.46. The Labute approximate surface area is 87.8 Å². The van der Waals surface area contributed by atoms with Crippen LogP contribution in [0.25, 0.3) is 6.08 Å². The number of hydrogen-bond acceptors (Lipinski definition) is 0. The van der Waals surface area contributed by atoms with E-state index in [4.69, 9.17) is 0 Å². The summed E-state index contributed by atoms with van der Waals surface area (Å²) in [5, 5.41) is 1.11. The van der Waals surface area contributed by atoms with Gasteiger partial charge in [0.15, 0.2) is 0 Å². The van der Waals surface area contributed by atoms with Crippen LogP contribution in [0.3, 0.4) is 0 Å². The van der Waals surface area contributed by atoms with Gasteiger partial charge < -0.3 is 0 Å². The molecule has 0 aromatic heterocycles. The SMILES string of the molecule is BrCCCC1=Cc2ccccc2C1. The number of fused-ring (bicyclic) bond motifs is 1. The van der Waals surface area contributed by atoms with Gasteiger partial charge in [0.25, 0.3) is 0 Å². The molecule has 0 nitrogen and oxygen atoms in total. The van der Waals surface area contributed by atoms with Crippen molar-refractivity contribution in [1.29, 1.82) is 0 Å². The van der Waals surface area contributed by atoms with Crippen LogP contribution in [-0.4, -0.2) is 5.33 Å². The van der Waals surface area contributed by atoms with Crippen LogP contribution >= 0.6 is 15.9 Å². The largest absolute Gasteiger partial charge is 0.0928 e. The fourth-order valence-electron chi connectivity index (χ4n) is 1.81. The molecule has 1 heteroatoms. The summed E-state index contributed by atoms with van der Waals surface area (Å²) in [6.45, 7) is 0. The van der Waals surface area contributed by atoms with E-state index in [1.807, 2.05) is 0 Å². The van der Waals surface area contributed by atoms with Crippen molar-refractivity contribution in [3.05, 3.63) is 41.0 Å². The van der Waals surface area contributed by atoms with Crippen molar-refractivity contribution in [3.8, 4) is 0 Å². The molecule has 0 N–H and O–H groups in total. The van der Waals surface area contributed by atoms with Crippen molar-refractivity contribution in [2.75, 3.05) is 5.33 Å². The first kappa shape index (κ1) is 9.01. The molecule has 0 saturated heterocycles. The Morgan fingerprint density at radius 1 is 1.23 bits per heavy atom. The first-order valence-electron chi connectivity index (χ1n) is 4.73. The molecular weight excluding hydrogens is 224 g/mol. The van der Waals surface area contributed by atoms with Gasteiger partial charge in [-0.2, -0.15) is 0 Å². The van der Waals surface area contributed by atoms with Crippen LogP contribution in [0.4, 0.5) is 0 Å². The topological polar surface area (TPSA) is 0 Å². The third-order valence-electron chi connectivity index (χ3n) is 2.46. The number of halogens is 1. The van der Waals surface area contributed by atoms with Gasteiger partial charge in [-0.25, -0.2) is 0 Å². The molecule has 0 heterocycles. The van der Waals surface area contributed by atoms with Crippen LogP contribution in [0.1, 0.15) is 24.0 Å². The minimum absolute atomic E-state index is 1.11. The van der Waals surface area contributed by atoms with Crippen molar-refractivity contribution >= 4 is 22.0 Å². The molecule has 0 radical (unpaired) electrons. The molecule has 2 rings (SSSR count). The fourth-order valence-corrected chi connectivity index (χ4v) is 2.09. The first-order chi connectivity index (χ1) is 6.40. The average Bonchev–Trinajstić information content (AvgIpc) is 2.57. The predicted molar refractivity (Wildman–Crippen MR) is 61.2 cm³/mol. The summed E-state index contributed by atoms with van der Waals surface area (Å²) in [6, 6.07) is 8.67. The molecule has 1 aromatic rings. The van der Waals surface area contributed by atoms with Gasteiger partial charge >= 0.3 is 0 Å². The number of alkyl halides is 1. The third kappa shape index (κ3) is 2.02. The molecule has 1 aromatic carbocycles. The lowest BCUT2D eigenvalue weighted by atomic mass is 10.1. The first-order valence-corrected chi connectivity index (χ1v) is 5.85. The van der Waals surface area contributed by atoms with Gasteiger partial charge in [-0.15, -0.1) is 0 Å². The monoisotopic (exact) mass is 236 g/mol. The minimum Gasteiger partial charge on any atom is -0.0928 e. The number of benzene rings is 1. The molecule has 0 fully saturated rings. The Bertz CT molecular complexity index is 326. The Hall–Kier alpha value is -0.560. The van der Waals surface area contributed by atoms with Crippen LogP contribution in [0.5, 0.6) is 0 Å². The third-order valence-corrected chi connectivity index (χ3v) is 3.02. The van der Waals surface area contributed by atoms with Gasteiger partial charge in [0.2, 0.25) is 0 Å². The highest BCUT2D eigenvalue weighted by molar-refractivity contribution is 9.09. The van der Waals surface area contributed by atoms with Crippen LogP contribution in [0, 0.1) is 0 Å². The average molecular weight is 237 g/mol. The zero-order chi connectivity index (χ0) is 9.10. The molecule has 13 heavy (non-hydrogen) atoms. The lowest BCUT2D eigenvalue weighted by Gasteiger charge is -1.98. The van der Waals surface area contributed by atoms with E-state index < -0.39 is 0 Å².